The number of nitrogens with zero attached hydrogens (tertiary/aromatic N) is 1. The van der Waals surface area contributed by atoms with Gasteiger partial charge in [0.15, 0.2) is 0 Å². The van der Waals surface area contributed by atoms with Crippen LogP contribution in [0, 0.1) is 5.41 Å². The Morgan fingerprint density at radius 3 is 2.65 bits per heavy atom. The van der Waals surface area contributed by atoms with Crippen molar-refractivity contribution in [3.63, 3.8) is 0 Å². The van der Waals surface area contributed by atoms with E-state index in [1.807, 2.05) is 18.2 Å². The Labute approximate surface area is 120 Å². The first-order chi connectivity index (χ1) is 9.49. The number of ether oxygens (including phenoxy) is 1. The summed E-state index contributed by atoms with van der Waals surface area (Å²) >= 11 is 0. The average molecular weight is 279 g/mol. The molecule has 0 fully saturated rings. The zero-order valence-electron chi connectivity index (χ0n) is 12.5. The summed E-state index contributed by atoms with van der Waals surface area (Å²) < 4.78 is 5.21. The molecule has 0 amide bonds. The molecule has 0 heterocycles. The monoisotopic (exact) mass is 279 g/mol. The number of nitrogens with one attached hydrogen (secondary N) is 1. The van der Waals surface area contributed by atoms with Crippen LogP contribution in [0.15, 0.2) is 18.2 Å². The van der Waals surface area contributed by atoms with Crippen LogP contribution >= 0.6 is 0 Å². The van der Waals surface area contributed by atoms with Gasteiger partial charge >= 0.3 is 0 Å². The highest BCUT2D eigenvalue weighted by atomic mass is 16.5. The molecule has 0 unspecified atom stereocenters. The molecule has 1 rings (SSSR count). The molecule has 20 heavy (non-hydrogen) atoms. The predicted molar refractivity (Wildman–Crippen MR) is 81.3 cm³/mol. The molecule has 1 aromatic rings. The highest BCUT2D eigenvalue weighted by molar-refractivity contribution is 5.97. The summed E-state index contributed by atoms with van der Waals surface area (Å²) in [5.74, 6) is 0.628. The van der Waals surface area contributed by atoms with Crippen molar-refractivity contribution in [2.45, 2.75) is 32.9 Å². The molecule has 112 valence electrons. The number of amidine groups is 1. The van der Waals surface area contributed by atoms with Crippen LogP contribution in [0.3, 0.4) is 0 Å². The molecule has 0 bridgehead atoms. The summed E-state index contributed by atoms with van der Waals surface area (Å²) in [5.41, 5.74) is 7.29. The van der Waals surface area contributed by atoms with Crippen molar-refractivity contribution in [3.05, 3.63) is 29.3 Å². The van der Waals surface area contributed by atoms with Crippen molar-refractivity contribution in [2.75, 3.05) is 20.3 Å². The number of rotatable bonds is 8. The third-order valence-corrected chi connectivity index (χ3v) is 3.27. The number of nitrogens with two attached hydrogens (primary N) is 1. The van der Waals surface area contributed by atoms with Gasteiger partial charge in [-0.15, -0.1) is 0 Å². The van der Waals surface area contributed by atoms with Crippen LogP contribution in [-0.4, -0.2) is 42.1 Å². The van der Waals surface area contributed by atoms with Gasteiger partial charge in [0.1, 0.15) is 11.6 Å². The smallest absolute Gasteiger partial charge is 0.129 e. The van der Waals surface area contributed by atoms with E-state index in [4.69, 9.17) is 21.0 Å². The lowest BCUT2D eigenvalue weighted by molar-refractivity contribution is 0.185. The zero-order valence-corrected chi connectivity index (χ0v) is 12.5. The lowest BCUT2D eigenvalue weighted by Crippen LogP contribution is -2.31. The van der Waals surface area contributed by atoms with Crippen molar-refractivity contribution in [2.24, 2.45) is 5.73 Å². The van der Waals surface area contributed by atoms with Gasteiger partial charge in [0.25, 0.3) is 0 Å². The molecule has 0 aliphatic carbocycles. The molecule has 0 spiro atoms. The van der Waals surface area contributed by atoms with Crippen LogP contribution in [-0.2, 0) is 6.54 Å². The Kier molecular flexibility index (Phi) is 6.48. The van der Waals surface area contributed by atoms with Crippen LogP contribution in [0.5, 0.6) is 5.75 Å². The fourth-order valence-electron chi connectivity index (χ4n) is 2.09. The first-order valence-electron chi connectivity index (χ1n) is 6.85. The molecule has 0 atom stereocenters. The fourth-order valence-corrected chi connectivity index (χ4v) is 2.09. The van der Waals surface area contributed by atoms with Crippen molar-refractivity contribution >= 4 is 5.84 Å². The van der Waals surface area contributed by atoms with Gasteiger partial charge in [-0.1, -0.05) is 6.07 Å². The molecule has 0 aromatic heterocycles. The molecule has 0 radical (unpaired) electrons. The third kappa shape index (κ3) is 4.51. The van der Waals surface area contributed by atoms with Crippen molar-refractivity contribution in [1.29, 1.82) is 5.41 Å². The van der Waals surface area contributed by atoms with E-state index >= 15 is 0 Å². The summed E-state index contributed by atoms with van der Waals surface area (Å²) in [6.45, 7) is 6.07. The van der Waals surface area contributed by atoms with Crippen molar-refractivity contribution in [1.82, 2.24) is 4.90 Å². The second-order valence-electron chi connectivity index (χ2n) is 5.09. The number of benzene rings is 1. The zero-order chi connectivity index (χ0) is 15.1. The summed E-state index contributed by atoms with van der Waals surface area (Å²) in [4.78, 5) is 2.28. The van der Waals surface area contributed by atoms with Gasteiger partial charge in [-0.3, -0.25) is 10.3 Å². The molecule has 1 aromatic carbocycles. The second kappa shape index (κ2) is 7.87. The first kappa shape index (κ1) is 16.5. The van der Waals surface area contributed by atoms with Crippen LogP contribution in [0.4, 0.5) is 0 Å². The van der Waals surface area contributed by atoms with E-state index in [0.29, 0.717) is 17.4 Å². The molecule has 0 aliphatic heterocycles. The van der Waals surface area contributed by atoms with Crippen LogP contribution in [0.2, 0.25) is 0 Å². The Morgan fingerprint density at radius 1 is 1.45 bits per heavy atom. The van der Waals surface area contributed by atoms with E-state index < -0.39 is 0 Å². The summed E-state index contributed by atoms with van der Waals surface area (Å²) in [7, 11) is 1.57. The lowest BCUT2D eigenvalue weighted by atomic mass is 10.1. The van der Waals surface area contributed by atoms with Gasteiger partial charge in [0, 0.05) is 25.7 Å². The maximum absolute atomic E-state index is 8.96. The minimum atomic E-state index is 0.00940. The van der Waals surface area contributed by atoms with E-state index in [-0.39, 0.29) is 12.4 Å². The molecule has 0 saturated carbocycles. The Balaban J connectivity index is 2.90. The molecule has 4 N–H and O–H groups in total. The fraction of sp³-hybridized carbons (Fsp3) is 0.533. The number of nitrogen functional groups attached to an aromatic ring is 1. The maximum Gasteiger partial charge on any atom is 0.129 e. The SMILES string of the molecule is COc1ccc(CN(CCCO)C(C)C)cc1C(=N)N. The van der Waals surface area contributed by atoms with E-state index in [1.165, 1.54) is 0 Å². The van der Waals surface area contributed by atoms with E-state index in [9.17, 15) is 0 Å². The van der Waals surface area contributed by atoms with Crippen LogP contribution in [0.1, 0.15) is 31.4 Å². The van der Waals surface area contributed by atoms with Gasteiger partial charge in [-0.2, -0.15) is 0 Å². The minimum Gasteiger partial charge on any atom is -0.496 e. The van der Waals surface area contributed by atoms with Gasteiger partial charge in [-0.25, -0.2) is 0 Å². The van der Waals surface area contributed by atoms with E-state index in [1.54, 1.807) is 7.11 Å². The number of methoxy groups -OCH3 is 1. The number of hydrogen-bond acceptors (Lipinski definition) is 4. The molecule has 0 saturated heterocycles. The average Bonchev–Trinajstić information content (AvgIpc) is 2.42. The topological polar surface area (TPSA) is 82.6 Å². The van der Waals surface area contributed by atoms with Crippen molar-refractivity contribution in [3.8, 4) is 5.75 Å². The second-order valence-corrected chi connectivity index (χ2v) is 5.09. The Hall–Kier alpha value is -1.59. The quantitative estimate of drug-likeness (QED) is 0.498. The molecular weight excluding hydrogens is 254 g/mol. The molecule has 5 nitrogen and oxygen atoms in total. The van der Waals surface area contributed by atoms with Crippen molar-refractivity contribution < 1.29 is 9.84 Å². The standard InChI is InChI=1S/C15H25N3O2/c1-11(2)18(7-4-8-19)10-12-5-6-14(20-3)13(9-12)15(16)17/h5-6,9,11,19H,4,7-8,10H2,1-3H3,(H3,16,17). The first-order valence-corrected chi connectivity index (χ1v) is 6.85. The predicted octanol–water partition coefficient (Wildman–Crippen LogP) is 1.57. The highest BCUT2D eigenvalue weighted by Gasteiger charge is 2.12. The van der Waals surface area contributed by atoms with Crippen LogP contribution in [0.25, 0.3) is 0 Å². The molecule has 0 aliphatic rings. The number of aliphatic hydroxyl groups is 1. The van der Waals surface area contributed by atoms with E-state index in [0.717, 1.165) is 25.1 Å². The number of aliphatic hydroxyl groups excluding tert-OH is 1. The van der Waals surface area contributed by atoms with Gasteiger partial charge < -0.3 is 15.6 Å². The Bertz CT molecular complexity index is 447. The summed E-state index contributed by atoms with van der Waals surface area (Å²) in [6.07, 6.45) is 0.758. The lowest BCUT2D eigenvalue weighted by Gasteiger charge is -2.26. The van der Waals surface area contributed by atoms with Crippen LogP contribution < -0.4 is 10.5 Å². The Morgan fingerprint density at radius 2 is 2.15 bits per heavy atom. The third-order valence-electron chi connectivity index (χ3n) is 3.27. The molecular formula is C15H25N3O2. The minimum absolute atomic E-state index is 0.00940. The highest BCUT2D eigenvalue weighted by Crippen LogP contribution is 2.20. The summed E-state index contributed by atoms with van der Waals surface area (Å²) in [6, 6.07) is 6.12. The van der Waals surface area contributed by atoms with Gasteiger partial charge in [-0.05, 0) is 38.0 Å². The number of hydrogen-bond donors (Lipinski definition) is 3. The van der Waals surface area contributed by atoms with Gasteiger partial charge in [0.2, 0.25) is 0 Å². The normalized spacial score (nSPS) is 11.1. The molecule has 5 heteroatoms. The van der Waals surface area contributed by atoms with E-state index in [2.05, 4.69) is 18.7 Å². The van der Waals surface area contributed by atoms with Gasteiger partial charge in [0.05, 0.1) is 12.7 Å². The maximum atomic E-state index is 8.96. The summed E-state index contributed by atoms with van der Waals surface area (Å²) in [5, 5.41) is 16.6. The largest absolute Gasteiger partial charge is 0.496 e.